The van der Waals surface area contributed by atoms with Crippen molar-refractivity contribution in [1.82, 2.24) is 9.21 Å². The van der Waals surface area contributed by atoms with E-state index in [1.807, 2.05) is 38.1 Å². The van der Waals surface area contributed by atoms with Gasteiger partial charge < -0.3 is 0 Å². The van der Waals surface area contributed by atoms with Crippen LogP contribution in [0.2, 0.25) is 0 Å². The van der Waals surface area contributed by atoms with Crippen molar-refractivity contribution in [2.45, 2.75) is 25.3 Å². The molecule has 0 N–H and O–H groups in total. The van der Waals surface area contributed by atoms with Crippen molar-refractivity contribution >= 4 is 16.1 Å². The molecule has 0 bridgehead atoms. The van der Waals surface area contributed by atoms with E-state index < -0.39 is 16.1 Å². The average molecular weight is 356 g/mol. The summed E-state index contributed by atoms with van der Waals surface area (Å²) >= 11 is 0. The van der Waals surface area contributed by atoms with E-state index in [9.17, 15) is 13.2 Å². The molecule has 0 saturated carbocycles. The quantitative estimate of drug-likeness (QED) is 0.843. The number of amides is 2. The van der Waals surface area contributed by atoms with Crippen molar-refractivity contribution in [3.05, 3.63) is 77.5 Å². The highest BCUT2D eigenvalue weighted by atomic mass is 32.2. The fraction of sp³-hybridized carbons (Fsp3) is 0.211. The van der Waals surface area contributed by atoms with Crippen LogP contribution in [0.25, 0.3) is 0 Å². The van der Waals surface area contributed by atoms with Crippen LogP contribution in [0.1, 0.15) is 16.7 Å². The molecule has 5 nitrogen and oxygen atoms in total. The summed E-state index contributed by atoms with van der Waals surface area (Å²) in [6.07, 6.45) is 0. The number of rotatable bonds is 4. The third-order valence-electron chi connectivity index (χ3n) is 4.22. The van der Waals surface area contributed by atoms with Crippen molar-refractivity contribution in [1.29, 1.82) is 0 Å². The first-order valence-electron chi connectivity index (χ1n) is 7.93. The van der Waals surface area contributed by atoms with Gasteiger partial charge in [0.25, 0.3) is 10.0 Å². The summed E-state index contributed by atoms with van der Waals surface area (Å²) in [6.45, 7) is 8.01. The van der Waals surface area contributed by atoms with Crippen molar-refractivity contribution in [3.63, 3.8) is 0 Å². The molecule has 130 valence electrons. The lowest BCUT2D eigenvalue weighted by Gasteiger charge is -2.19. The van der Waals surface area contributed by atoms with Crippen LogP contribution in [0.4, 0.5) is 4.79 Å². The van der Waals surface area contributed by atoms with E-state index in [2.05, 4.69) is 6.58 Å². The highest BCUT2D eigenvalue weighted by Gasteiger charge is 2.40. The molecule has 3 rings (SSSR count). The molecule has 0 radical (unpaired) electrons. The molecule has 6 heteroatoms. The number of hydrogen-bond acceptors (Lipinski definition) is 3. The maximum atomic E-state index is 12.8. The number of aryl methyl sites for hydroxylation is 2. The molecule has 2 aromatic rings. The summed E-state index contributed by atoms with van der Waals surface area (Å²) in [5, 5.41) is 0. The Labute approximate surface area is 148 Å². The van der Waals surface area contributed by atoms with E-state index in [0.717, 1.165) is 21.0 Å². The van der Waals surface area contributed by atoms with Crippen molar-refractivity contribution in [2.75, 3.05) is 6.54 Å². The summed E-state index contributed by atoms with van der Waals surface area (Å²) in [7, 11) is -3.89. The minimum Gasteiger partial charge on any atom is -0.292 e. The smallest absolute Gasteiger partial charge is 0.292 e. The summed E-state index contributed by atoms with van der Waals surface area (Å²) in [5.74, 6) is 0. The van der Waals surface area contributed by atoms with E-state index in [1.54, 1.807) is 12.1 Å². The number of urea groups is 1. The largest absolute Gasteiger partial charge is 0.338 e. The van der Waals surface area contributed by atoms with Crippen molar-refractivity contribution in [2.24, 2.45) is 0 Å². The number of hydrogen-bond donors (Lipinski definition) is 0. The molecule has 1 heterocycles. The van der Waals surface area contributed by atoms with Gasteiger partial charge in [0.15, 0.2) is 0 Å². The third-order valence-corrected chi connectivity index (χ3v) is 5.96. The minimum absolute atomic E-state index is 0.0269. The third kappa shape index (κ3) is 3.30. The standard InChI is InChI=1S/C19H20N2O3S/c1-14-4-8-17(9-5-14)13-20-16(3)12-21(19(20)22)25(23,24)18-10-6-15(2)7-11-18/h4-11H,3,12-13H2,1-2H3. The van der Waals surface area contributed by atoms with Crippen molar-refractivity contribution in [3.8, 4) is 0 Å². The first-order chi connectivity index (χ1) is 11.8. The molecule has 0 unspecified atom stereocenters. The van der Waals surface area contributed by atoms with Gasteiger partial charge in [-0.15, -0.1) is 0 Å². The predicted molar refractivity (Wildman–Crippen MR) is 96.3 cm³/mol. The fourth-order valence-corrected chi connectivity index (χ4v) is 4.03. The Hall–Kier alpha value is -2.60. The Morgan fingerprint density at radius 2 is 1.48 bits per heavy atom. The van der Waals surface area contributed by atoms with Crippen LogP contribution in [0.5, 0.6) is 0 Å². The van der Waals surface area contributed by atoms with Gasteiger partial charge in [-0.25, -0.2) is 17.5 Å². The van der Waals surface area contributed by atoms with Crippen LogP contribution in [0, 0.1) is 13.8 Å². The Morgan fingerprint density at radius 3 is 2.04 bits per heavy atom. The number of benzene rings is 2. The zero-order valence-electron chi connectivity index (χ0n) is 14.3. The van der Waals surface area contributed by atoms with E-state index in [4.69, 9.17) is 0 Å². The monoisotopic (exact) mass is 356 g/mol. The molecular formula is C19H20N2O3S. The van der Waals surface area contributed by atoms with Gasteiger partial charge in [0.05, 0.1) is 18.0 Å². The molecule has 1 aliphatic heterocycles. The Bertz CT molecular complexity index is 916. The molecule has 1 fully saturated rings. The van der Waals surface area contributed by atoms with Crippen LogP contribution in [-0.2, 0) is 16.6 Å². The highest BCUT2D eigenvalue weighted by molar-refractivity contribution is 7.89. The Kier molecular flexibility index (Phi) is 4.39. The van der Waals surface area contributed by atoms with E-state index >= 15 is 0 Å². The molecule has 1 aliphatic rings. The Balaban J connectivity index is 1.85. The molecule has 2 amide bonds. The normalized spacial score (nSPS) is 15.1. The highest BCUT2D eigenvalue weighted by Crippen LogP contribution is 2.27. The minimum atomic E-state index is -3.89. The second kappa shape index (κ2) is 6.37. The average Bonchev–Trinajstić information content (AvgIpc) is 2.86. The summed E-state index contributed by atoms with van der Waals surface area (Å²) in [5.41, 5.74) is 3.48. The summed E-state index contributed by atoms with van der Waals surface area (Å²) in [4.78, 5) is 14.2. The molecule has 1 saturated heterocycles. The summed E-state index contributed by atoms with van der Waals surface area (Å²) < 4.78 is 26.4. The maximum absolute atomic E-state index is 12.8. The predicted octanol–water partition coefficient (Wildman–Crippen LogP) is 3.44. The van der Waals surface area contributed by atoms with Crippen molar-refractivity contribution < 1.29 is 13.2 Å². The number of carbonyl (C=O) groups is 1. The molecule has 0 aliphatic carbocycles. The van der Waals surface area contributed by atoms with Crippen LogP contribution in [0.3, 0.4) is 0 Å². The molecule has 2 aromatic carbocycles. The van der Waals surface area contributed by atoms with Crippen LogP contribution in [0.15, 0.2) is 65.7 Å². The zero-order chi connectivity index (χ0) is 18.2. The van der Waals surface area contributed by atoms with E-state index in [1.165, 1.54) is 17.0 Å². The van der Waals surface area contributed by atoms with Gasteiger partial charge in [-0.1, -0.05) is 54.1 Å². The first kappa shape index (κ1) is 17.2. The lowest BCUT2D eigenvalue weighted by molar-refractivity contribution is 0.209. The number of nitrogens with zero attached hydrogens (tertiary/aromatic N) is 2. The number of carbonyl (C=O) groups excluding carboxylic acids is 1. The van der Waals surface area contributed by atoms with Gasteiger partial charge >= 0.3 is 6.03 Å². The van der Waals surface area contributed by atoms with E-state index in [0.29, 0.717) is 12.2 Å². The van der Waals surface area contributed by atoms with Gasteiger partial charge in [-0.2, -0.15) is 0 Å². The van der Waals surface area contributed by atoms with Crippen LogP contribution in [-0.4, -0.2) is 30.2 Å². The molecule has 25 heavy (non-hydrogen) atoms. The van der Waals surface area contributed by atoms with Crippen LogP contribution >= 0.6 is 0 Å². The summed E-state index contributed by atoms with van der Waals surface area (Å²) in [6, 6.07) is 13.7. The second-order valence-electron chi connectivity index (χ2n) is 6.25. The van der Waals surface area contributed by atoms with Gasteiger partial charge in [-0.05, 0) is 31.5 Å². The Morgan fingerprint density at radius 1 is 0.960 bits per heavy atom. The molecule has 0 aromatic heterocycles. The SMILES string of the molecule is C=C1CN(S(=O)(=O)c2ccc(C)cc2)C(=O)N1Cc1ccc(C)cc1. The van der Waals surface area contributed by atoms with E-state index in [-0.39, 0.29) is 11.4 Å². The molecular weight excluding hydrogens is 336 g/mol. The lowest BCUT2D eigenvalue weighted by Crippen LogP contribution is -2.36. The maximum Gasteiger partial charge on any atom is 0.338 e. The van der Waals surface area contributed by atoms with Crippen LogP contribution < -0.4 is 0 Å². The van der Waals surface area contributed by atoms with Gasteiger partial charge in [0, 0.05) is 5.70 Å². The second-order valence-corrected chi connectivity index (χ2v) is 8.11. The topological polar surface area (TPSA) is 57.7 Å². The first-order valence-corrected chi connectivity index (χ1v) is 9.37. The van der Waals surface area contributed by atoms with Gasteiger partial charge in [0.1, 0.15) is 0 Å². The zero-order valence-corrected chi connectivity index (χ0v) is 15.1. The van der Waals surface area contributed by atoms with Gasteiger partial charge in [-0.3, -0.25) is 4.90 Å². The molecule has 0 spiro atoms. The fourth-order valence-electron chi connectivity index (χ4n) is 2.67. The number of sulfonamides is 1. The van der Waals surface area contributed by atoms with Gasteiger partial charge in [0.2, 0.25) is 0 Å². The lowest BCUT2D eigenvalue weighted by atomic mass is 10.1. The molecule has 0 atom stereocenters.